The van der Waals surface area contributed by atoms with E-state index in [0.29, 0.717) is 6.07 Å². The molecule has 1 aliphatic heterocycles. The summed E-state index contributed by atoms with van der Waals surface area (Å²) in [5.41, 5.74) is -0.153. The van der Waals surface area contributed by atoms with Crippen molar-refractivity contribution in [3.63, 3.8) is 0 Å². The maximum absolute atomic E-state index is 13.8. The van der Waals surface area contributed by atoms with Crippen molar-refractivity contribution in [1.29, 1.82) is 0 Å². The van der Waals surface area contributed by atoms with Gasteiger partial charge in [-0.2, -0.15) is 13.2 Å². The van der Waals surface area contributed by atoms with E-state index in [-0.39, 0.29) is 25.2 Å². The zero-order chi connectivity index (χ0) is 18.8. The molecule has 0 aliphatic carbocycles. The monoisotopic (exact) mass is 364 g/mol. The minimum Gasteiger partial charge on any atom is -0.342 e. The Hall–Kier alpha value is -2.19. The number of nitrogens with zero attached hydrogens (tertiary/aromatic N) is 2. The summed E-state index contributed by atoms with van der Waals surface area (Å²) in [6.45, 7) is 0.976. The molecule has 1 aromatic carbocycles. The van der Waals surface area contributed by atoms with Crippen LogP contribution in [-0.4, -0.2) is 42.5 Å². The van der Waals surface area contributed by atoms with Crippen LogP contribution in [0, 0.1) is 17.6 Å². The molecule has 25 heavy (non-hydrogen) atoms. The Morgan fingerprint density at radius 3 is 2.56 bits per heavy atom. The van der Waals surface area contributed by atoms with Gasteiger partial charge in [0.1, 0.15) is 11.6 Å². The highest BCUT2D eigenvalue weighted by atomic mass is 19.4. The maximum Gasteiger partial charge on any atom is 0.390 e. The van der Waals surface area contributed by atoms with Crippen LogP contribution in [0.1, 0.15) is 19.8 Å². The number of rotatable bonds is 5. The Kier molecular flexibility index (Phi) is 5.64. The van der Waals surface area contributed by atoms with Crippen LogP contribution in [0.3, 0.4) is 0 Å². The molecule has 1 saturated heterocycles. The first-order valence-corrected chi connectivity index (χ1v) is 7.73. The number of alkyl halides is 3. The van der Waals surface area contributed by atoms with Gasteiger partial charge in [-0.3, -0.25) is 9.59 Å². The van der Waals surface area contributed by atoms with Crippen LogP contribution in [0.4, 0.5) is 27.6 Å². The van der Waals surface area contributed by atoms with Gasteiger partial charge in [0.25, 0.3) is 0 Å². The molecule has 4 nitrogen and oxygen atoms in total. The van der Waals surface area contributed by atoms with E-state index < -0.39 is 48.5 Å². The van der Waals surface area contributed by atoms with E-state index in [9.17, 15) is 31.5 Å². The van der Waals surface area contributed by atoms with Gasteiger partial charge in [0.05, 0.1) is 18.0 Å². The summed E-state index contributed by atoms with van der Waals surface area (Å²) in [5, 5.41) is 0. The van der Waals surface area contributed by atoms with E-state index in [1.807, 2.05) is 0 Å². The third-order valence-corrected chi connectivity index (χ3v) is 4.03. The standard InChI is InChI=1S/C16H17F5N2O2/c1-2-22(6-5-16(19,20)21)15(25)10-7-14(24)23(9-10)13-4-3-11(17)8-12(13)18/h3-4,8,10H,2,5-7,9H2,1H3. The zero-order valence-electron chi connectivity index (χ0n) is 13.4. The summed E-state index contributed by atoms with van der Waals surface area (Å²) in [4.78, 5) is 26.5. The summed E-state index contributed by atoms with van der Waals surface area (Å²) in [6, 6.07) is 2.71. The molecular formula is C16H17F5N2O2. The number of benzene rings is 1. The van der Waals surface area contributed by atoms with Crippen molar-refractivity contribution in [3.8, 4) is 0 Å². The lowest BCUT2D eigenvalue weighted by atomic mass is 10.1. The summed E-state index contributed by atoms with van der Waals surface area (Å²) in [7, 11) is 0. The molecule has 0 N–H and O–H groups in total. The van der Waals surface area contributed by atoms with Crippen molar-refractivity contribution in [2.75, 3.05) is 24.5 Å². The first-order chi connectivity index (χ1) is 11.6. The molecule has 138 valence electrons. The number of carbonyl (C=O) groups excluding carboxylic acids is 2. The molecule has 1 aliphatic rings. The van der Waals surface area contributed by atoms with Crippen molar-refractivity contribution in [3.05, 3.63) is 29.8 Å². The highest BCUT2D eigenvalue weighted by Gasteiger charge is 2.38. The lowest BCUT2D eigenvalue weighted by molar-refractivity contribution is -0.147. The van der Waals surface area contributed by atoms with Gasteiger partial charge < -0.3 is 9.80 Å². The largest absolute Gasteiger partial charge is 0.390 e. The van der Waals surface area contributed by atoms with Crippen LogP contribution in [0.25, 0.3) is 0 Å². The Labute approximate surface area is 141 Å². The quantitative estimate of drug-likeness (QED) is 0.754. The Balaban J connectivity index is 2.08. The van der Waals surface area contributed by atoms with Crippen LogP contribution >= 0.6 is 0 Å². The maximum atomic E-state index is 13.8. The molecule has 2 amide bonds. The highest BCUT2D eigenvalue weighted by molar-refractivity contribution is 6.00. The topological polar surface area (TPSA) is 40.6 Å². The average Bonchev–Trinajstić information content (AvgIpc) is 2.88. The van der Waals surface area contributed by atoms with Crippen molar-refractivity contribution in [2.24, 2.45) is 5.92 Å². The summed E-state index contributed by atoms with van der Waals surface area (Å²) in [6.07, 6.45) is -5.75. The first kappa shape index (κ1) is 19.1. The van der Waals surface area contributed by atoms with Gasteiger partial charge in [0.15, 0.2) is 0 Å². The summed E-state index contributed by atoms with van der Waals surface area (Å²) < 4.78 is 63.8. The molecule has 1 atom stereocenters. The van der Waals surface area contributed by atoms with Crippen LogP contribution < -0.4 is 4.90 Å². The van der Waals surface area contributed by atoms with Gasteiger partial charge in [-0.1, -0.05) is 0 Å². The molecule has 1 unspecified atom stereocenters. The first-order valence-electron chi connectivity index (χ1n) is 7.73. The predicted octanol–water partition coefficient (Wildman–Crippen LogP) is 3.12. The number of carbonyl (C=O) groups is 2. The van der Waals surface area contributed by atoms with Gasteiger partial charge in [0.2, 0.25) is 11.8 Å². The van der Waals surface area contributed by atoms with Crippen molar-refractivity contribution in [1.82, 2.24) is 4.90 Å². The van der Waals surface area contributed by atoms with Crippen LogP contribution in [0.5, 0.6) is 0 Å². The molecule has 0 aromatic heterocycles. The van der Waals surface area contributed by atoms with E-state index in [4.69, 9.17) is 0 Å². The second-order valence-corrected chi connectivity index (χ2v) is 5.78. The fourth-order valence-corrected chi connectivity index (χ4v) is 2.75. The number of amides is 2. The second-order valence-electron chi connectivity index (χ2n) is 5.78. The molecular weight excluding hydrogens is 347 g/mol. The van der Waals surface area contributed by atoms with Gasteiger partial charge >= 0.3 is 6.18 Å². The molecule has 0 saturated carbocycles. The number of halogens is 5. The van der Waals surface area contributed by atoms with Gasteiger partial charge in [-0.15, -0.1) is 0 Å². The van der Waals surface area contributed by atoms with E-state index >= 15 is 0 Å². The Bertz CT molecular complexity index is 662. The second kappa shape index (κ2) is 7.37. The van der Waals surface area contributed by atoms with E-state index in [0.717, 1.165) is 21.9 Å². The van der Waals surface area contributed by atoms with E-state index in [2.05, 4.69) is 0 Å². The SMILES string of the molecule is CCN(CCC(F)(F)F)C(=O)C1CC(=O)N(c2ccc(F)cc2F)C1. The smallest absolute Gasteiger partial charge is 0.342 e. The zero-order valence-corrected chi connectivity index (χ0v) is 13.4. The lowest BCUT2D eigenvalue weighted by Crippen LogP contribution is -2.39. The molecule has 1 aromatic rings. The van der Waals surface area contributed by atoms with Gasteiger partial charge in [0, 0.05) is 32.1 Å². The Morgan fingerprint density at radius 1 is 1.32 bits per heavy atom. The molecule has 1 fully saturated rings. The molecule has 2 rings (SSSR count). The van der Waals surface area contributed by atoms with Crippen molar-refractivity contribution in [2.45, 2.75) is 25.9 Å². The Morgan fingerprint density at radius 2 is 2.00 bits per heavy atom. The third-order valence-electron chi connectivity index (χ3n) is 4.03. The minimum absolute atomic E-state index is 0.0739. The van der Waals surface area contributed by atoms with Crippen LogP contribution in [0.2, 0.25) is 0 Å². The minimum atomic E-state index is -4.39. The van der Waals surface area contributed by atoms with E-state index in [1.54, 1.807) is 6.92 Å². The summed E-state index contributed by atoms with van der Waals surface area (Å²) >= 11 is 0. The number of anilines is 1. The third kappa shape index (κ3) is 4.67. The molecule has 0 bridgehead atoms. The number of hydrogen-bond donors (Lipinski definition) is 0. The van der Waals surface area contributed by atoms with Crippen LogP contribution in [0.15, 0.2) is 18.2 Å². The molecule has 0 spiro atoms. The van der Waals surface area contributed by atoms with E-state index in [1.165, 1.54) is 0 Å². The number of hydrogen-bond acceptors (Lipinski definition) is 2. The normalized spacial score (nSPS) is 17.9. The molecule has 9 heteroatoms. The highest BCUT2D eigenvalue weighted by Crippen LogP contribution is 2.29. The van der Waals surface area contributed by atoms with Gasteiger partial charge in [-0.25, -0.2) is 8.78 Å². The predicted molar refractivity (Wildman–Crippen MR) is 79.7 cm³/mol. The summed E-state index contributed by atoms with van der Waals surface area (Å²) in [5.74, 6) is -3.71. The lowest BCUT2D eigenvalue weighted by Gasteiger charge is -2.25. The van der Waals surface area contributed by atoms with Crippen molar-refractivity contribution >= 4 is 17.5 Å². The fraction of sp³-hybridized carbons (Fsp3) is 0.500. The fourth-order valence-electron chi connectivity index (χ4n) is 2.75. The van der Waals surface area contributed by atoms with Crippen molar-refractivity contribution < 1.29 is 31.5 Å². The van der Waals surface area contributed by atoms with Gasteiger partial charge in [-0.05, 0) is 19.1 Å². The molecule has 1 heterocycles. The molecule has 0 radical (unpaired) electrons. The van der Waals surface area contributed by atoms with Crippen LogP contribution in [-0.2, 0) is 9.59 Å². The average molecular weight is 364 g/mol.